The molecule has 0 aliphatic heterocycles. The zero-order valence-electron chi connectivity index (χ0n) is 10.4. The van der Waals surface area contributed by atoms with Gasteiger partial charge in [0.25, 0.3) is 10.0 Å². The summed E-state index contributed by atoms with van der Waals surface area (Å²) in [6, 6.07) is 9.29. The van der Waals surface area contributed by atoms with Gasteiger partial charge >= 0.3 is 0 Å². The lowest BCUT2D eigenvalue weighted by Gasteiger charge is -2.06. The standard InChI is InChI=1S/C12H12N4O2S2/c13-10-11(16-6-7-19-12(16)15-10)20(17,18)14-8-9-4-2-1-3-5-9/h1-7,14H,8,13H2. The topological polar surface area (TPSA) is 89.5 Å². The summed E-state index contributed by atoms with van der Waals surface area (Å²) in [5.74, 6) is 0.0115. The van der Waals surface area contributed by atoms with Crippen LogP contribution in [0.2, 0.25) is 0 Å². The maximum Gasteiger partial charge on any atom is 0.260 e. The fourth-order valence-corrected chi connectivity index (χ4v) is 3.89. The summed E-state index contributed by atoms with van der Waals surface area (Å²) >= 11 is 1.33. The molecule has 0 radical (unpaired) electrons. The first-order valence-electron chi connectivity index (χ1n) is 5.82. The van der Waals surface area contributed by atoms with E-state index in [-0.39, 0.29) is 17.4 Å². The van der Waals surface area contributed by atoms with Gasteiger partial charge in [0, 0.05) is 18.1 Å². The summed E-state index contributed by atoms with van der Waals surface area (Å²) in [5.41, 5.74) is 6.58. The molecule has 104 valence electrons. The Labute approximate surface area is 119 Å². The van der Waals surface area contributed by atoms with Crippen molar-refractivity contribution in [1.82, 2.24) is 14.1 Å². The van der Waals surface area contributed by atoms with Crippen molar-refractivity contribution >= 4 is 32.1 Å². The zero-order valence-corrected chi connectivity index (χ0v) is 12.0. The number of anilines is 1. The number of nitrogens with two attached hydrogens (primary N) is 1. The van der Waals surface area contributed by atoms with E-state index in [2.05, 4.69) is 9.71 Å². The summed E-state index contributed by atoms with van der Waals surface area (Å²) in [7, 11) is -3.71. The molecule has 2 aromatic heterocycles. The van der Waals surface area contributed by atoms with Crippen molar-refractivity contribution in [3.63, 3.8) is 0 Å². The quantitative estimate of drug-likeness (QED) is 0.763. The van der Waals surface area contributed by atoms with Crippen LogP contribution in [-0.4, -0.2) is 17.8 Å². The highest BCUT2D eigenvalue weighted by Gasteiger charge is 2.24. The number of sulfonamides is 1. The van der Waals surface area contributed by atoms with Gasteiger partial charge in [-0.1, -0.05) is 30.3 Å². The van der Waals surface area contributed by atoms with E-state index in [1.807, 2.05) is 30.3 Å². The zero-order chi connectivity index (χ0) is 14.2. The van der Waals surface area contributed by atoms with Gasteiger partial charge in [-0.05, 0) is 5.56 Å². The van der Waals surface area contributed by atoms with E-state index < -0.39 is 10.0 Å². The van der Waals surface area contributed by atoms with E-state index >= 15 is 0 Å². The Morgan fingerprint density at radius 2 is 2.05 bits per heavy atom. The van der Waals surface area contributed by atoms with Crippen LogP contribution >= 0.6 is 11.3 Å². The Morgan fingerprint density at radius 3 is 2.80 bits per heavy atom. The number of fused-ring (bicyclic) bond motifs is 1. The minimum Gasteiger partial charge on any atom is -0.381 e. The molecule has 0 aliphatic rings. The Kier molecular flexibility index (Phi) is 3.20. The highest BCUT2D eigenvalue weighted by molar-refractivity contribution is 7.89. The van der Waals surface area contributed by atoms with Gasteiger partial charge in [0.1, 0.15) is 0 Å². The average molecular weight is 308 g/mol. The smallest absolute Gasteiger partial charge is 0.260 e. The molecule has 20 heavy (non-hydrogen) atoms. The molecule has 3 N–H and O–H groups in total. The van der Waals surface area contributed by atoms with E-state index in [1.165, 1.54) is 15.7 Å². The van der Waals surface area contributed by atoms with Crippen molar-refractivity contribution < 1.29 is 8.42 Å². The summed E-state index contributed by atoms with van der Waals surface area (Å²) in [6.45, 7) is 0.208. The highest BCUT2D eigenvalue weighted by Crippen LogP contribution is 2.23. The third-order valence-electron chi connectivity index (χ3n) is 2.81. The van der Waals surface area contributed by atoms with E-state index in [0.717, 1.165) is 5.56 Å². The molecule has 0 saturated heterocycles. The second kappa shape index (κ2) is 4.89. The van der Waals surface area contributed by atoms with Gasteiger partial charge in [-0.2, -0.15) is 0 Å². The molecule has 0 fully saturated rings. The fourth-order valence-electron chi connectivity index (χ4n) is 1.89. The summed E-state index contributed by atoms with van der Waals surface area (Å²) in [5, 5.41) is 1.75. The maximum atomic E-state index is 12.4. The van der Waals surface area contributed by atoms with Crippen LogP contribution in [0.1, 0.15) is 5.56 Å². The molecule has 3 rings (SSSR count). The number of aromatic nitrogens is 2. The fraction of sp³-hybridized carbons (Fsp3) is 0.0833. The van der Waals surface area contributed by atoms with Crippen LogP contribution in [-0.2, 0) is 16.6 Å². The number of thiazole rings is 1. The number of nitrogens with zero attached hydrogens (tertiary/aromatic N) is 2. The molecular weight excluding hydrogens is 296 g/mol. The van der Waals surface area contributed by atoms with Gasteiger partial charge in [-0.25, -0.2) is 18.1 Å². The number of rotatable bonds is 4. The maximum absolute atomic E-state index is 12.4. The second-order valence-electron chi connectivity index (χ2n) is 4.17. The Bertz CT molecular complexity index is 837. The average Bonchev–Trinajstić information content (AvgIpc) is 2.97. The van der Waals surface area contributed by atoms with Crippen LogP contribution in [0.4, 0.5) is 5.82 Å². The number of hydrogen-bond donors (Lipinski definition) is 2. The predicted molar refractivity (Wildman–Crippen MR) is 77.9 cm³/mol. The molecular formula is C12H12N4O2S2. The van der Waals surface area contributed by atoms with E-state index in [1.54, 1.807) is 11.6 Å². The summed E-state index contributed by atoms with van der Waals surface area (Å²) in [4.78, 5) is 4.59. The molecule has 0 amide bonds. The van der Waals surface area contributed by atoms with E-state index in [9.17, 15) is 8.42 Å². The lowest BCUT2D eigenvalue weighted by Crippen LogP contribution is -2.25. The van der Waals surface area contributed by atoms with Crippen molar-refractivity contribution in [1.29, 1.82) is 0 Å². The highest BCUT2D eigenvalue weighted by atomic mass is 32.2. The molecule has 0 spiro atoms. The van der Waals surface area contributed by atoms with E-state index in [4.69, 9.17) is 5.73 Å². The largest absolute Gasteiger partial charge is 0.381 e. The monoisotopic (exact) mass is 308 g/mol. The van der Waals surface area contributed by atoms with Crippen molar-refractivity contribution in [2.75, 3.05) is 5.73 Å². The van der Waals surface area contributed by atoms with Crippen LogP contribution in [0, 0.1) is 0 Å². The normalized spacial score (nSPS) is 12.0. The first-order chi connectivity index (χ1) is 9.58. The minimum atomic E-state index is -3.71. The third kappa shape index (κ3) is 2.28. The SMILES string of the molecule is Nc1nc2sccn2c1S(=O)(=O)NCc1ccccc1. The van der Waals surface area contributed by atoms with Crippen molar-refractivity contribution in [3.05, 3.63) is 47.5 Å². The Balaban J connectivity index is 1.92. The lowest BCUT2D eigenvalue weighted by atomic mass is 10.2. The van der Waals surface area contributed by atoms with Crippen LogP contribution in [0.3, 0.4) is 0 Å². The van der Waals surface area contributed by atoms with Gasteiger partial charge in [0.2, 0.25) is 0 Å². The molecule has 0 atom stereocenters. The molecule has 0 saturated carbocycles. The first kappa shape index (κ1) is 13.1. The molecule has 3 aromatic rings. The van der Waals surface area contributed by atoms with Crippen LogP contribution in [0.5, 0.6) is 0 Å². The molecule has 0 aliphatic carbocycles. The summed E-state index contributed by atoms with van der Waals surface area (Å²) in [6.07, 6.45) is 1.64. The number of hydrogen-bond acceptors (Lipinski definition) is 5. The minimum absolute atomic E-state index is 0.00955. The van der Waals surface area contributed by atoms with Crippen LogP contribution in [0.15, 0.2) is 46.9 Å². The van der Waals surface area contributed by atoms with Crippen molar-refractivity contribution in [2.24, 2.45) is 0 Å². The van der Waals surface area contributed by atoms with Crippen molar-refractivity contribution in [3.8, 4) is 0 Å². The molecule has 2 heterocycles. The van der Waals surface area contributed by atoms with Gasteiger partial charge < -0.3 is 5.73 Å². The molecule has 0 unspecified atom stereocenters. The van der Waals surface area contributed by atoms with Gasteiger partial charge in [-0.3, -0.25) is 4.40 Å². The number of nitrogens with one attached hydrogen (secondary N) is 1. The summed E-state index contributed by atoms with van der Waals surface area (Å²) < 4.78 is 28.7. The van der Waals surface area contributed by atoms with Crippen LogP contribution in [0.25, 0.3) is 4.96 Å². The number of imidazole rings is 1. The first-order valence-corrected chi connectivity index (χ1v) is 8.19. The number of nitrogen functional groups attached to an aromatic ring is 1. The van der Waals surface area contributed by atoms with Gasteiger partial charge in [0.15, 0.2) is 15.8 Å². The van der Waals surface area contributed by atoms with E-state index in [0.29, 0.717) is 4.96 Å². The van der Waals surface area contributed by atoms with Crippen molar-refractivity contribution in [2.45, 2.75) is 11.6 Å². The Hall–Kier alpha value is -1.90. The Morgan fingerprint density at radius 1 is 1.30 bits per heavy atom. The molecule has 6 nitrogen and oxygen atoms in total. The predicted octanol–water partition coefficient (Wildman–Crippen LogP) is 1.46. The molecule has 0 bridgehead atoms. The number of benzene rings is 1. The lowest BCUT2D eigenvalue weighted by molar-refractivity contribution is 0.577. The van der Waals surface area contributed by atoms with Gasteiger partial charge in [0.05, 0.1) is 0 Å². The van der Waals surface area contributed by atoms with Gasteiger partial charge in [-0.15, -0.1) is 11.3 Å². The van der Waals surface area contributed by atoms with Crippen LogP contribution < -0.4 is 10.5 Å². The molecule has 1 aromatic carbocycles. The third-order valence-corrected chi connectivity index (χ3v) is 5.00. The second-order valence-corrected chi connectivity index (χ2v) is 6.72. The molecule has 8 heteroatoms.